The monoisotopic (exact) mass is 621 g/mol. The third-order valence-electron chi connectivity index (χ3n) is 14.6. The molecule has 0 aromatic heterocycles. The number of fused-ring (bicyclic) bond motifs is 5. The molecule has 9 heteroatoms. The van der Waals surface area contributed by atoms with Gasteiger partial charge < -0.3 is 15.5 Å². The number of amides is 2. The Hall–Kier alpha value is -0.900. The van der Waals surface area contributed by atoms with Crippen LogP contribution >= 0.6 is 0 Å². The Morgan fingerprint density at radius 1 is 0.907 bits per heavy atom. The van der Waals surface area contributed by atoms with E-state index in [0.717, 1.165) is 70.1 Å². The van der Waals surface area contributed by atoms with Crippen molar-refractivity contribution in [3.63, 3.8) is 0 Å². The highest BCUT2D eigenvalue weighted by atomic mass is 32.2. The Bertz CT molecular complexity index is 1120. The molecule has 0 spiro atoms. The van der Waals surface area contributed by atoms with E-state index in [1.54, 1.807) is 0 Å². The van der Waals surface area contributed by atoms with E-state index in [1.807, 2.05) is 0 Å². The molecule has 0 bridgehead atoms. The number of aliphatic hydroxyl groups is 2. The maximum absolute atomic E-state index is 13.0. The minimum absolute atomic E-state index is 0.103. The number of piperidine rings is 1. The van der Waals surface area contributed by atoms with E-state index in [9.17, 15) is 23.4 Å². The van der Waals surface area contributed by atoms with Crippen LogP contribution in [-0.2, 0) is 10.2 Å². The predicted octanol–water partition coefficient (Wildman–Crippen LogP) is 5.31. The Morgan fingerprint density at radius 2 is 1.56 bits per heavy atom. The first kappa shape index (κ1) is 32.1. The number of urea groups is 1. The lowest BCUT2D eigenvalue weighted by atomic mass is 9.41. The zero-order valence-corrected chi connectivity index (χ0v) is 28.0. The highest BCUT2D eigenvalue weighted by molar-refractivity contribution is 7.87. The van der Waals surface area contributed by atoms with Gasteiger partial charge in [-0.1, -0.05) is 53.4 Å². The van der Waals surface area contributed by atoms with Crippen LogP contribution in [0.15, 0.2) is 0 Å². The van der Waals surface area contributed by atoms with Crippen molar-refractivity contribution in [2.75, 3.05) is 19.6 Å². The van der Waals surface area contributed by atoms with Crippen LogP contribution in [-0.4, -0.2) is 60.8 Å². The van der Waals surface area contributed by atoms with Crippen LogP contribution in [0.3, 0.4) is 0 Å². The zero-order valence-electron chi connectivity index (χ0n) is 27.1. The smallest absolute Gasteiger partial charge is 0.329 e. The van der Waals surface area contributed by atoms with Crippen LogP contribution in [0, 0.1) is 64.1 Å². The van der Waals surface area contributed by atoms with Crippen LogP contribution in [0.1, 0.15) is 111 Å². The zero-order chi connectivity index (χ0) is 30.7. The van der Waals surface area contributed by atoms with E-state index >= 15 is 0 Å². The van der Waals surface area contributed by atoms with Crippen molar-refractivity contribution in [3.05, 3.63) is 0 Å². The molecule has 2 amide bonds. The first-order chi connectivity index (χ1) is 20.4. The van der Waals surface area contributed by atoms with E-state index < -0.39 is 16.2 Å². The van der Waals surface area contributed by atoms with Crippen LogP contribution in [0.5, 0.6) is 0 Å². The van der Waals surface area contributed by atoms with E-state index in [1.165, 1.54) is 23.6 Å². The van der Waals surface area contributed by atoms with E-state index in [0.29, 0.717) is 55.1 Å². The summed E-state index contributed by atoms with van der Waals surface area (Å²) in [5.41, 5.74) is 0.290. The summed E-state index contributed by atoms with van der Waals surface area (Å²) < 4.78 is 29.7. The lowest BCUT2D eigenvalue weighted by Crippen LogP contribution is -2.62. The van der Waals surface area contributed by atoms with Crippen molar-refractivity contribution in [1.82, 2.24) is 14.3 Å². The quantitative estimate of drug-likeness (QED) is 0.308. The van der Waals surface area contributed by atoms with Crippen LogP contribution in [0.25, 0.3) is 0 Å². The molecule has 43 heavy (non-hydrogen) atoms. The van der Waals surface area contributed by atoms with Crippen molar-refractivity contribution in [2.24, 2.45) is 64.1 Å². The highest BCUT2D eigenvalue weighted by Gasteiger charge is 2.64. The maximum atomic E-state index is 13.0. The molecule has 5 aliphatic carbocycles. The van der Waals surface area contributed by atoms with Gasteiger partial charge in [-0.15, -0.1) is 0 Å². The van der Waals surface area contributed by atoms with Crippen LogP contribution < -0.4 is 10.0 Å². The fourth-order valence-corrected chi connectivity index (χ4v) is 13.2. The summed E-state index contributed by atoms with van der Waals surface area (Å²) in [6.07, 6.45) is 13.3. The molecule has 0 unspecified atom stereocenters. The molecule has 4 N–H and O–H groups in total. The van der Waals surface area contributed by atoms with Gasteiger partial charge in [-0.05, 0) is 122 Å². The second kappa shape index (κ2) is 12.0. The minimum atomic E-state index is -3.84. The summed E-state index contributed by atoms with van der Waals surface area (Å²) >= 11 is 0. The molecule has 1 heterocycles. The van der Waals surface area contributed by atoms with Gasteiger partial charge in [0.15, 0.2) is 0 Å². The van der Waals surface area contributed by atoms with Gasteiger partial charge in [0, 0.05) is 19.6 Å². The molecule has 0 aromatic rings. The van der Waals surface area contributed by atoms with Gasteiger partial charge in [0.1, 0.15) is 0 Å². The second-order valence-corrected chi connectivity index (χ2v) is 18.0. The van der Waals surface area contributed by atoms with E-state index in [4.69, 9.17) is 0 Å². The summed E-state index contributed by atoms with van der Waals surface area (Å²) in [5.74, 6) is 3.94. The molecular weight excluding hydrogens is 562 g/mol. The van der Waals surface area contributed by atoms with Crippen molar-refractivity contribution in [1.29, 1.82) is 0 Å². The maximum Gasteiger partial charge on any atom is 0.329 e. The number of nitrogens with zero attached hydrogens (tertiary/aromatic N) is 1. The number of aliphatic hydroxyl groups excluding tert-OH is 2. The lowest BCUT2D eigenvalue weighted by Gasteiger charge is -2.64. The normalized spacial score (nSPS) is 44.9. The first-order valence-electron chi connectivity index (χ1n) is 17.8. The average molecular weight is 622 g/mol. The molecular formula is C34H59N3O5S. The largest absolute Gasteiger partial charge is 0.393 e. The number of carbonyl (C=O) groups is 1. The SMILES string of the molecule is CC[C@H]1[C@@H](O)[C@@H]2[C@H](CC[C@]3(C)[C@@H]([C@H](C)CNC(=O)NS(=O)(=O)N4CCC(C5CCC5)CC4)CC[C@@H]23)[C@@]2(C)CC[C@@H](O)C[C@@H]12. The standard InChI is InChI=1S/C34H59N3O5S/c1-5-25-29-19-24(38)11-15-34(29,4)28-12-16-33(3)26(9-10-27(33)30(28)31(25)39)21(2)20-35-32(40)36-43(41,42)37-17-13-23(14-18-37)22-7-6-8-22/h21-31,38-39H,5-20H2,1-4H3,(H2,35,36,40)/t21-,24-,25-,26-,27+,28+,29+,30+,31-,33-,34-/m1/s1. The Balaban J connectivity index is 1.06. The third-order valence-corrected chi connectivity index (χ3v) is 16.1. The van der Waals surface area contributed by atoms with Crippen molar-refractivity contribution in [2.45, 2.75) is 123 Å². The molecule has 0 radical (unpaired) electrons. The summed E-state index contributed by atoms with van der Waals surface area (Å²) in [6.45, 7) is 10.8. The van der Waals surface area contributed by atoms with Gasteiger partial charge >= 0.3 is 16.2 Å². The lowest BCUT2D eigenvalue weighted by molar-refractivity contribution is -0.203. The van der Waals surface area contributed by atoms with Gasteiger partial charge in [-0.3, -0.25) is 0 Å². The number of rotatable bonds is 7. The molecule has 6 aliphatic rings. The van der Waals surface area contributed by atoms with Crippen molar-refractivity contribution in [3.8, 4) is 0 Å². The Morgan fingerprint density at radius 3 is 2.21 bits per heavy atom. The second-order valence-electron chi connectivity index (χ2n) is 16.3. The van der Waals surface area contributed by atoms with Gasteiger partial charge in [0.05, 0.1) is 12.2 Å². The third kappa shape index (κ3) is 5.58. The number of hydrogen-bond donors (Lipinski definition) is 4. The molecule has 6 rings (SSSR count). The number of carbonyl (C=O) groups excluding carboxylic acids is 1. The van der Waals surface area contributed by atoms with Gasteiger partial charge in [0.25, 0.3) is 0 Å². The van der Waals surface area contributed by atoms with Crippen molar-refractivity contribution >= 4 is 16.2 Å². The first-order valence-corrected chi connectivity index (χ1v) is 19.2. The van der Waals surface area contributed by atoms with Gasteiger partial charge in [-0.2, -0.15) is 12.7 Å². The predicted molar refractivity (Wildman–Crippen MR) is 168 cm³/mol. The highest BCUT2D eigenvalue weighted by Crippen LogP contribution is 2.69. The summed E-state index contributed by atoms with van der Waals surface area (Å²) in [4.78, 5) is 12.8. The number of nitrogens with one attached hydrogen (secondary N) is 2. The Kier molecular flexibility index (Phi) is 8.97. The average Bonchev–Trinajstić information content (AvgIpc) is 3.29. The molecule has 8 nitrogen and oxygen atoms in total. The van der Waals surface area contributed by atoms with Gasteiger partial charge in [-0.25, -0.2) is 9.52 Å². The van der Waals surface area contributed by atoms with Crippen molar-refractivity contribution < 1.29 is 23.4 Å². The summed E-state index contributed by atoms with van der Waals surface area (Å²) in [6, 6.07) is -0.622. The van der Waals surface area contributed by atoms with Gasteiger partial charge in [0.2, 0.25) is 0 Å². The van der Waals surface area contributed by atoms with Crippen LogP contribution in [0.4, 0.5) is 4.79 Å². The molecule has 5 saturated carbocycles. The summed E-state index contributed by atoms with van der Waals surface area (Å²) in [5, 5.41) is 25.4. The fourth-order valence-electron chi connectivity index (χ4n) is 12.0. The van der Waals surface area contributed by atoms with E-state index in [-0.39, 0.29) is 34.9 Å². The van der Waals surface area contributed by atoms with Crippen LogP contribution in [0.2, 0.25) is 0 Å². The molecule has 1 saturated heterocycles. The summed E-state index contributed by atoms with van der Waals surface area (Å²) in [7, 11) is -3.84. The molecule has 1 aliphatic heterocycles. The molecule has 0 aromatic carbocycles. The fraction of sp³-hybridized carbons (Fsp3) is 0.971. The molecule has 246 valence electrons. The minimum Gasteiger partial charge on any atom is -0.393 e. The molecule has 11 atom stereocenters. The molecule has 6 fully saturated rings. The Labute approximate surface area is 260 Å². The van der Waals surface area contributed by atoms with E-state index in [2.05, 4.69) is 37.7 Å². The number of hydrogen-bond acceptors (Lipinski definition) is 5. The topological polar surface area (TPSA) is 119 Å².